The highest BCUT2D eigenvalue weighted by atomic mass is 16.2. The Morgan fingerprint density at radius 2 is 1.83 bits per heavy atom. The van der Waals surface area contributed by atoms with Crippen molar-refractivity contribution in [2.45, 2.75) is 31.3 Å². The third-order valence-electron chi connectivity index (χ3n) is 5.04. The molecule has 3 rings (SSSR count). The number of nitrogens with one attached hydrogen (secondary N) is 2. The van der Waals surface area contributed by atoms with Crippen molar-refractivity contribution in [3.8, 4) is 0 Å². The summed E-state index contributed by atoms with van der Waals surface area (Å²) in [6, 6.07) is 7.59. The van der Waals surface area contributed by atoms with Crippen LogP contribution in [-0.2, 0) is 9.59 Å². The van der Waals surface area contributed by atoms with Gasteiger partial charge in [0.15, 0.2) is 0 Å². The third kappa shape index (κ3) is 2.79. The summed E-state index contributed by atoms with van der Waals surface area (Å²) in [5.74, 6) is 0.130. The lowest BCUT2D eigenvalue weighted by Crippen LogP contribution is -2.60. The first kappa shape index (κ1) is 15.8. The number of fused-ring (bicyclic) bond motifs is 1. The number of rotatable bonds is 2. The fourth-order valence-electron chi connectivity index (χ4n) is 3.20. The average molecular weight is 316 g/mol. The van der Waals surface area contributed by atoms with Gasteiger partial charge in [0.25, 0.3) is 0 Å². The zero-order valence-corrected chi connectivity index (χ0v) is 13.9. The first-order valence-corrected chi connectivity index (χ1v) is 8.07. The number of hydrogen-bond donors (Lipinski definition) is 2. The second-order valence-electron chi connectivity index (χ2n) is 6.67. The van der Waals surface area contributed by atoms with Crippen LogP contribution in [0.3, 0.4) is 0 Å². The molecule has 1 aromatic carbocycles. The molecule has 0 radical (unpaired) electrons. The summed E-state index contributed by atoms with van der Waals surface area (Å²) in [6.45, 7) is 3.10. The minimum absolute atomic E-state index is 0.00366. The number of carbonyl (C=O) groups is 2. The number of carbonyl (C=O) groups excluding carboxylic acids is 2. The maximum absolute atomic E-state index is 12.6. The minimum atomic E-state index is -0.605. The normalized spacial score (nSPS) is 20.7. The Hall–Kier alpha value is -2.08. The van der Waals surface area contributed by atoms with Gasteiger partial charge in [0.1, 0.15) is 5.54 Å². The molecule has 0 aromatic heterocycles. The highest BCUT2D eigenvalue weighted by Gasteiger charge is 2.45. The predicted octanol–water partition coefficient (Wildman–Crippen LogP) is 1.36. The van der Waals surface area contributed by atoms with Gasteiger partial charge in [-0.25, -0.2) is 0 Å². The maximum atomic E-state index is 12.6. The van der Waals surface area contributed by atoms with E-state index in [0.717, 1.165) is 11.4 Å². The topological polar surface area (TPSA) is 64.7 Å². The monoisotopic (exact) mass is 316 g/mol. The molecular formula is C17H24N4O2. The van der Waals surface area contributed by atoms with Crippen LogP contribution in [0.2, 0.25) is 0 Å². The lowest BCUT2D eigenvalue weighted by molar-refractivity contribution is -0.138. The smallest absolute Gasteiger partial charge is 0.250 e. The number of amides is 2. The molecule has 1 spiro atoms. The van der Waals surface area contributed by atoms with E-state index >= 15 is 0 Å². The van der Waals surface area contributed by atoms with Crippen molar-refractivity contribution < 1.29 is 9.59 Å². The Bertz CT molecular complexity index is 621. The molecule has 1 aromatic rings. The third-order valence-corrected chi connectivity index (χ3v) is 5.04. The van der Waals surface area contributed by atoms with Crippen LogP contribution in [0.4, 0.5) is 11.4 Å². The molecule has 1 fully saturated rings. The van der Waals surface area contributed by atoms with Gasteiger partial charge < -0.3 is 15.5 Å². The van der Waals surface area contributed by atoms with Gasteiger partial charge in [-0.3, -0.25) is 14.5 Å². The van der Waals surface area contributed by atoms with Crippen molar-refractivity contribution >= 4 is 23.2 Å². The fourth-order valence-corrected chi connectivity index (χ4v) is 3.20. The molecule has 0 bridgehead atoms. The van der Waals surface area contributed by atoms with E-state index in [4.69, 9.17) is 0 Å². The molecule has 1 atom stereocenters. The van der Waals surface area contributed by atoms with E-state index in [1.165, 1.54) is 0 Å². The molecule has 2 amide bonds. The zero-order valence-electron chi connectivity index (χ0n) is 13.9. The van der Waals surface area contributed by atoms with E-state index < -0.39 is 5.54 Å². The lowest BCUT2D eigenvalue weighted by atomic mass is 9.84. The average Bonchev–Trinajstić information content (AvgIpc) is 2.55. The molecular weight excluding hydrogens is 292 g/mol. The van der Waals surface area contributed by atoms with E-state index in [9.17, 15) is 9.59 Å². The van der Waals surface area contributed by atoms with Gasteiger partial charge in [0.2, 0.25) is 11.8 Å². The number of hydrogen-bond acceptors (Lipinski definition) is 4. The first-order chi connectivity index (χ1) is 10.9. The van der Waals surface area contributed by atoms with Gasteiger partial charge in [-0.15, -0.1) is 0 Å². The molecule has 2 N–H and O–H groups in total. The molecule has 2 heterocycles. The van der Waals surface area contributed by atoms with Crippen molar-refractivity contribution in [3.05, 3.63) is 24.3 Å². The van der Waals surface area contributed by atoms with Crippen molar-refractivity contribution in [3.63, 3.8) is 0 Å². The molecule has 6 heteroatoms. The van der Waals surface area contributed by atoms with E-state index in [2.05, 4.69) is 10.6 Å². The number of nitrogens with zero attached hydrogens (tertiary/aromatic N) is 2. The van der Waals surface area contributed by atoms with Gasteiger partial charge in [-0.1, -0.05) is 12.1 Å². The van der Waals surface area contributed by atoms with Crippen LogP contribution >= 0.6 is 0 Å². The molecule has 1 saturated heterocycles. The van der Waals surface area contributed by atoms with Crippen LogP contribution < -0.4 is 10.6 Å². The Morgan fingerprint density at radius 3 is 2.43 bits per heavy atom. The van der Waals surface area contributed by atoms with Crippen molar-refractivity contribution in [2.24, 2.45) is 0 Å². The summed E-state index contributed by atoms with van der Waals surface area (Å²) < 4.78 is 0. The number of anilines is 2. The number of para-hydroxylation sites is 2. The largest absolute Gasteiger partial charge is 0.369 e. The fraction of sp³-hybridized carbons (Fsp3) is 0.529. The minimum Gasteiger partial charge on any atom is -0.369 e. The van der Waals surface area contributed by atoms with Gasteiger partial charge in [-0.2, -0.15) is 0 Å². The van der Waals surface area contributed by atoms with Crippen LogP contribution in [0.15, 0.2) is 24.3 Å². The summed E-state index contributed by atoms with van der Waals surface area (Å²) in [6.07, 6.45) is 1.25. The number of piperidine rings is 1. The lowest BCUT2D eigenvalue weighted by Gasteiger charge is -2.45. The molecule has 23 heavy (non-hydrogen) atoms. The number of likely N-dealkylation sites (N-methyl/N-ethyl adjacent to an activating group) is 1. The summed E-state index contributed by atoms with van der Waals surface area (Å²) in [4.78, 5) is 28.8. The van der Waals surface area contributed by atoms with Crippen LogP contribution in [0.25, 0.3) is 0 Å². The second-order valence-corrected chi connectivity index (χ2v) is 6.67. The number of likely N-dealkylation sites (tertiary alicyclic amines) is 1. The van der Waals surface area contributed by atoms with Crippen LogP contribution in [0, 0.1) is 0 Å². The molecule has 124 valence electrons. The highest BCUT2D eigenvalue weighted by Crippen LogP contribution is 2.36. The summed E-state index contributed by atoms with van der Waals surface area (Å²) in [5.41, 5.74) is 1.17. The SMILES string of the molecule is CC(C(=O)N1CCC2(CC1)Nc1ccccc1NC2=O)N(C)C. The maximum Gasteiger partial charge on any atom is 0.250 e. The van der Waals surface area contributed by atoms with Crippen molar-refractivity contribution in [1.29, 1.82) is 0 Å². The Morgan fingerprint density at radius 1 is 1.22 bits per heavy atom. The van der Waals surface area contributed by atoms with Crippen molar-refractivity contribution in [2.75, 3.05) is 37.8 Å². The van der Waals surface area contributed by atoms with E-state index in [1.807, 2.05) is 55.1 Å². The Kier molecular flexibility index (Phi) is 4.02. The van der Waals surface area contributed by atoms with Crippen molar-refractivity contribution in [1.82, 2.24) is 9.80 Å². The molecule has 2 aliphatic heterocycles. The zero-order chi connectivity index (χ0) is 16.6. The van der Waals surface area contributed by atoms with Gasteiger partial charge in [0, 0.05) is 13.1 Å². The molecule has 0 saturated carbocycles. The summed E-state index contributed by atoms with van der Waals surface area (Å²) in [7, 11) is 3.81. The summed E-state index contributed by atoms with van der Waals surface area (Å²) in [5, 5.41) is 6.41. The predicted molar refractivity (Wildman–Crippen MR) is 90.4 cm³/mol. The van der Waals surface area contributed by atoms with Gasteiger partial charge in [-0.05, 0) is 46.0 Å². The quantitative estimate of drug-likeness (QED) is 0.865. The van der Waals surface area contributed by atoms with Crippen LogP contribution in [-0.4, -0.2) is 60.4 Å². The van der Waals surface area contributed by atoms with Crippen LogP contribution in [0.1, 0.15) is 19.8 Å². The van der Waals surface area contributed by atoms with Gasteiger partial charge in [0.05, 0.1) is 17.4 Å². The standard InChI is InChI=1S/C17H24N4O2/c1-12(20(2)3)15(22)21-10-8-17(9-11-21)16(23)18-13-6-4-5-7-14(13)19-17/h4-7,12,19H,8-11H2,1-3H3,(H,18,23). The van der Waals surface area contributed by atoms with E-state index in [1.54, 1.807) is 0 Å². The summed E-state index contributed by atoms with van der Waals surface area (Å²) >= 11 is 0. The highest BCUT2D eigenvalue weighted by molar-refractivity contribution is 6.06. The van der Waals surface area contributed by atoms with E-state index in [-0.39, 0.29) is 17.9 Å². The number of benzene rings is 1. The molecule has 2 aliphatic rings. The van der Waals surface area contributed by atoms with Crippen LogP contribution in [0.5, 0.6) is 0 Å². The van der Waals surface area contributed by atoms with Gasteiger partial charge >= 0.3 is 0 Å². The Balaban J connectivity index is 1.71. The van der Waals surface area contributed by atoms with E-state index in [0.29, 0.717) is 25.9 Å². The molecule has 1 unspecified atom stereocenters. The second kappa shape index (κ2) is 5.85. The Labute approximate surface area is 136 Å². The molecule has 6 nitrogen and oxygen atoms in total. The molecule has 0 aliphatic carbocycles. The first-order valence-electron chi connectivity index (χ1n) is 8.07.